The van der Waals surface area contributed by atoms with E-state index in [1.54, 1.807) is 18.2 Å². The zero-order valence-corrected chi connectivity index (χ0v) is 14.0. The molecule has 0 saturated carbocycles. The van der Waals surface area contributed by atoms with Crippen LogP contribution in [0.5, 0.6) is 11.5 Å². The summed E-state index contributed by atoms with van der Waals surface area (Å²) in [5, 5.41) is 3.95. The van der Waals surface area contributed by atoms with E-state index in [1.165, 1.54) is 6.07 Å². The average Bonchev–Trinajstić information content (AvgIpc) is 2.45. The predicted octanol–water partition coefficient (Wildman–Crippen LogP) is 5.53. The molecule has 0 aliphatic rings. The van der Waals surface area contributed by atoms with Gasteiger partial charge in [0, 0.05) is 11.6 Å². The number of ether oxygens (including phenoxy) is 1. The van der Waals surface area contributed by atoms with Gasteiger partial charge in [-0.3, -0.25) is 0 Å². The highest BCUT2D eigenvalue weighted by Gasteiger charge is 2.05. The molecule has 2 nitrogen and oxygen atoms in total. The summed E-state index contributed by atoms with van der Waals surface area (Å²) in [7, 11) is 0. The summed E-state index contributed by atoms with van der Waals surface area (Å²) < 4.78 is 19.2. The first-order valence-corrected chi connectivity index (χ1v) is 7.89. The van der Waals surface area contributed by atoms with Crippen LogP contribution in [-0.2, 0) is 6.54 Å². The number of halogens is 3. The Hall–Kier alpha value is -1.10. The van der Waals surface area contributed by atoms with E-state index >= 15 is 0 Å². The molecule has 0 aromatic heterocycles. The van der Waals surface area contributed by atoms with E-state index in [0.717, 1.165) is 25.1 Å². The van der Waals surface area contributed by atoms with Gasteiger partial charge in [-0.1, -0.05) is 24.6 Å². The summed E-state index contributed by atoms with van der Waals surface area (Å²) in [6.45, 7) is 3.81. The van der Waals surface area contributed by atoms with Crippen LogP contribution in [0.1, 0.15) is 18.9 Å². The minimum absolute atomic E-state index is 0.322. The number of nitrogens with one attached hydrogen (secondary N) is 1. The van der Waals surface area contributed by atoms with Gasteiger partial charge in [-0.25, -0.2) is 4.39 Å². The predicted molar refractivity (Wildman–Crippen MR) is 87.6 cm³/mol. The fourth-order valence-corrected chi connectivity index (χ4v) is 2.41. The first-order chi connectivity index (χ1) is 10.1. The van der Waals surface area contributed by atoms with Crippen LogP contribution in [-0.4, -0.2) is 6.54 Å². The first kappa shape index (κ1) is 16.3. The van der Waals surface area contributed by atoms with E-state index in [2.05, 4.69) is 28.2 Å². The lowest BCUT2D eigenvalue weighted by Crippen LogP contribution is -2.13. The molecule has 2 rings (SSSR count). The van der Waals surface area contributed by atoms with Crippen LogP contribution in [0.4, 0.5) is 4.39 Å². The lowest BCUT2D eigenvalue weighted by molar-refractivity contribution is 0.479. The van der Waals surface area contributed by atoms with Crippen LogP contribution < -0.4 is 10.1 Å². The highest BCUT2D eigenvalue weighted by molar-refractivity contribution is 9.10. The first-order valence-electron chi connectivity index (χ1n) is 6.72. The van der Waals surface area contributed by atoms with Crippen LogP contribution in [0.25, 0.3) is 0 Å². The maximum absolute atomic E-state index is 13.2. The van der Waals surface area contributed by atoms with Crippen LogP contribution in [0.2, 0.25) is 5.02 Å². The molecule has 0 aliphatic carbocycles. The molecule has 2 aromatic rings. The van der Waals surface area contributed by atoms with Crippen LogP contribution in [0.3, 0.4) is 0 Å². The van der Waals surface area contributed by atoms with Gasteiger partial charge in [0.05, 0.1) is 4.47 Å². The molecule has 0 saturated heterocycles. The molecule has 0 spiro atoms. The van der Waals surface area contributed by atoms with Gasteiger partial charge in [0.1, 0.15) is 17.3 Å². The van der Waals surface area contributed by atoms with Crippen molar-refractivity contribution in [1.29, 1.82) is 0 Å². The molecular weight excluding hydrogens is 357 g/mol. The number of hydrogen-bond acceptors (Lipinski definition) is 2. The smallest absolute Gasteiger partial charge is 0.137 e. The number of rotatable bonds is 6. The quantitative estimate of drug-likeness (QED) is 0.673. The molecule has 0 atom stereocenters. The van der Waals surface area contributed by atoms with Gasteiger partial charge in [-0.15, -0.1) is 0 Å². The molecule has 0 fully saturated rings. The monoisotopic (exact) mass is 371 g/mol. The van der Waals surface area contributed by atoms with Crippen molar-refractivity contribution in [2.75, 3.05) is 6.54 Å². The van der Waals surface area contributed by atoms with Crippen molar-refractivity contribution in [2.24, 2.45) is 0 Å². The second-order valence-corrected chi connectivity index (χ2v) is 5.87. The topological polar surface area (TPSA) is 21.3 Å². The molecule has 0 aliphatic heterocycles. The van der Waals surface area contributed by atoms with Crippen LogP contribution in [0, 0.1) is 5.82 Å². The van der Waals surface area contributed by atoms with E-state index in [4.69, 9.17) is 16.3 Å². The molecule has 1 N–H and O–H groups in total. The Morgan fingerprint density at radius 3 is 2.57 bits per heavy atom. The highest BCUT2D eigenvalue weighted by Crippen LogP contribution is 2.29. The van der Waals surface area contributed by atoms with Crippen molar-refractivity contribution in [1.82, 2.24) is 5.32 Å². The molecule has 0 amide bonds. The minimum Gasteiger partial charge on any atom is -0.457 e. The lowest BCUT2D eigenvalue weighted by atomic mass is 10.2. The van der Waals surface area contributed by atoms with Crippen molar-refractivity contribution in [3.05, 3.63) is 57.3 Å². The van der Waals surface area contributed by atoms with E-state index in [9.17, 15) is 4.39 Å². The second kappa shape index (κ2) is 7.78. The maximum Gasteiger partial charge on any atom is 0.137 e. The molecule has 5 heteroatoms. The third-order valence-electron chi connectivity index (χ3n) is 2.89. The SMILES string of the molecule is CCCNCc1ccc(Oc2ccc(F)c(Br)c2)cc1Cl. The minimum atomic E-state index is -0.322. The molecule has 0 radical (unpaired) electrons. The fraction of sp³-hybridized carbons (Fsp3) is 0.250. The molecule has 2 aromatic carbocycles. The van der Waals surface area contributed by atoms with Crippen molar-refractivity contribution >= 4 is 27.5 Å². The summed E-state index contributed by atoms with van der Waals surface area (Å²) in [6.07, 6.45) is 1.08. The summed E-state index contributed by atoms with van der Waals surface area (Å²) in [5.74, 6) is 0.853. The lowest BCUT2D eigenvalue weighted by Gasteiger charge is -2.10. The zero-order valence-electron chi connectivity index (χ0n) is 11.6. The van der Waals surface area contributed by atoms with Gasteiger partial charge in [-0.05, 0) is 64.8 Å². The Kier molecular flexibility index (Phi) is 6.03. The van der Waals surface area contributed by atoms with Crippen molar-refractivity contribution in [3.8, 4) is 11.5 Å². The molecule has 0 heterocycles. The van der Waals surface area contributed by atoms with Crippen molar-refractivity contribution in [2.45, 2.75) is 19.9 Å². The average molecular weight is 373 g/mol. The standard InChI is InChI=1S/C16H16BrClFNO/c1-2-7-20-10-11-3-4-13(9-15(11)18)21-12-5-6-16(19)14(17)8-12/h3-6,8-9,20H,2,7,10H2,1H3. The third kappa shape index (κ3) is 4.70. The Morgan fingerprint density at radius 1 is 1.19 bits per heavy atom. The Balaban J connectivity index is 2.07. The Bertz CT molecular complexity index is 621. The molecular formula is C16H16BrClFNO. The van der Waals surface area contributed by atoms with Gasteiger partial charge in [-0.2, -0.15) is 0 Å². The largest absolute Gasteiger partial charge is 0.457 e. The number of hydrogen-bond donors (Lipinski definition) is 1. The second-order valence-electron chi connectivity index (χ2n) is 4.61. The Labute approximate surface area is 137 Å². The van der Waals surface area contributed by atoms with E-state index in [-0.39, 0.29) is 5.82 Å². The van der Waals surface area contributed by atoms with Crippen molar-refractivity contribution < 1.29 is 9.13 Å². The molecule has 0 unspecified atom stereocenters. The van der Waals surface area contributed by atoms with Crippen LogP contribution >= 0.6 is 27.5 Å². The van der Waals surface area contributed by atoms with Gasteiger partial charge >= 0.3 is 0 Å². The summed E-state index contributed by atoms with van der Waals surface area (Å²) in [6, 6.07) is 10.1. The van der Waals surface area contributed by atoms with Gasteiger partial charge < -0.3 is 10.1 Å². The highest BCUT2D eigenvalue weighted by atomic mass is 79.9. The normalized spacial score (nSPS) is 10.7. The summed E-state index contributed by atoms with van der Waals surface area (Å²) in [5.41, 5.74) is 1.03. The third-order valence-corrected chi connectivity index (χ3v) is 3.85. The van der Waals surface area contributed by atoms with Crippen molar-refractivity contribution in [3.63, 3.8) is 0 Å². The summed E-state index contributed by atoms with van der Waals surface area (Å²) >= 11 is 9.37. The van der Waals surface area contributed by atoms with Gasteiger partial charge in [0.15, 0.2) is 0 Å². The van der Waals surface area contributed by atoms with E-state index < -0.39 is 0 Å². The molecule has 0 bridgehead atoms. The van der Waals surface area contributed by atoms with E-state index in [1.807, 2.05) is 12.1 Å². The van der Waals surface area contributed by atoms with Crippen LogP contribution in [0.15, 0.2) is 40.9 Å². The molecule has 21 heavy (non-hydrogen) atoms. The fourth-order valence-electron chi connectivity index (χ4n) is 1.81. The maximum atomic E-state index is 13.2. The molecule has 112 valence electrons. The Morgan fingerprint density at radius 2 is 1.90 bits per heavy atom. The van der Waals surface area contributed by atoms with Gasteiger partial charge in [0.25, 0.3) is 0 Å². The summed E-state index contributed by atoms with van der Waals surface area (Å²) in [4.78, 5) is 0. The van der Waals surface area contributed by atoms with Gasteiger partial charge in [0.2, 0.25) is 0 Å². The number of benzene rings is 2. The van der Waals surface area contributed by atoms with E-state index in [0.29, 0.717) is 21.0 Å². The zero-order chi connectivity index (χ0) is 15.2.